The van der Waals surface area contributed by atoms with Crippen molar-refractivity contribution < 1.29 is 9.63 Å². The van der Waals surface area contributed by atoms with Gasteiger partial charge >= 0.3 is 0 Å². The van der Waals surface area contributed by atoms with E-state index in [1.165, 1.54) is 0 Å². The van der Waals surface area contributed by atoms with Crippen molar-refractivity contribution in [3.8, 4) is 17.3 Å². The molecule has 1 N–H and O–H groups in total. The van der Waals surface area contributed by atoms with Gasteiger partial charge in [0.2, 0.25) is 0 Å². The van der Waals surface area contributed by atoms with Crippen LogP contribution in [0.2, 0.25) is 0 Å². The van der Waals surface area contributed by atoms with E-state index in [0.29, 0.717) is 24.3 Å². The summed E-state index contributed by atoms with van der Waals surface area (Å²) in [6.07, 6.45) is 1.85. The van der Waals surface area contributed by atoms with Gasteiger partial charge in [-0.3, -0.25) is 9.63 Å². The van der Waals surface area contributed by atoms with Gasteiger partial charge in [0.15, 0.2) is 0 Å². The van der Waals surface area contributed by atoms with Crippen molar-refractivity contribution in [3.05, 3.63) is 107 Å². The van der Waals surface area contributed by atoms with Gasteiger partial charge in [0.05, 0.1) is 31.0 Å². The topological polar surface area (TPSA) is 92.8 Å². The molecule has 0 saturated carbocycles. The molecule has 0 aliphatic carbocycles. The lowest BCUT2D eigenvalue weighted by atomic mass is 10.1. The maximum absolute atomic E-state index is 12.2. The predicted molar refractivity (Wildman–Crippen MR) is 114 cm³/mol. The molecule has 0 atom stereocenters. The van der Waals surface area contributed by atoms with Crippen LogP contribution in [0.25, 0.3) is 11.3 Å². The molecule has 0 saturated heterocycles. The molecule has 0 fully saturated rings. The minimum Gasteiger partial charge on any atom is -0.269 e. The normalized spacial score (nSPS) is 10.4. The van der Waals surface area contributed by atoms with Gasteiger partial charge in [0.1, 0.15) is 5.69 Å². The van der Waals surface area contributed by atoms with Crippen LogP contribution in [0.5, 0.6) is 0 Å². The highest BCUT2D eigenvalue weighted by Crippen LogP contribution is 2.17. The van der Waals surface area contributed by atoms with E-state index in [9.17, 15) is 4.79 Å². The first-order chi connectivity index (χ1) is 15.2. The third-order valence-electron chi connectivity index (χ3n) is 4.66. The van der Waals surface area contributed by atoms with Crippen LogP contribution in [0, 0.1) is 11.3 Å². The lowest BCUT2D eigenvalue weighted by molar-refractivity contribution is 0.0233. The van der Waals surface area contributed by atoms with Gasteiger partial charge in [-0.2, -0.15) is 5.26 Å². The number of nitrogens with one attached hydrogen (secondary N) is 1. The summed E-state index contributed by atoms with van der Waals surface area (Å²) < 4.78 is 1.73. The number of benzene rings is 3. The molecule has 4 rings (SSSR count). The first-order valence-electron chi connectivity index (χ1n) is 9.67. The summed E-state index contributed by atoms with van der Waals surface area (Å²) in [6.45, 7) is 0.828. The fourth-order valence-corrected chi connectivity index (χ4v) is 2.99. The summed E-state index contributed by atoms with van der Waals surface area (Å²) in [5.41, 5.74) is 7.16. The standard InChI is InChI=1S/C24H19N5O2/c25-14-18-6-10-21(11-7-18)23-16-29(28-26-23)15-19-8-12-22(13-9-19)24(30)27-31-17-20-4-2-1-3-5-20/h1-13,16H,15,17H2,(H,27,30). The van der Waals surface area contributed by atoms with Gasteiger partial charge in [-0.15, -0.1) is 5.10 Å². The fourth-order valence-electron chi connectivity index (χ4n) is 2.99. The highest BCUT2D eigenvalue weighted by Gasteiger charge is 2.08. The number of hydrogen-bond acceptors (Lipinski definition) is 5. The number of carbonyl (C=O) groups excluding carboxylic acids is 1. The van der Waals surface area contributed by atoms with Crippen molar-refractivity contribution in [2.45, 2.75) is 13.2 Å². The SMILES string of the molecule is N#Cc1ccc(-c2cn(Cc3ccc(C(=O)NOCc4ccccc4)cc3)nn2)cc1. The maximum atomic E-state index is 12.2. The Hall–Kier alpha value is -4.28. The van der Waals surface area contributed by atoms with Gasteiger partial charge in [0.25, 0.3) is 5.91 Å². The van der Waals surface area contributed by atoms with Crippen LogP contribution in [0.3, 0.4) is 0 Å². The summed E-state index contributed by atoms with van der Waals surface area (Å²) in [4.78, 5) is 17.5. The lowest BCUT2D eigenvalue weighted by Crippen LogP contribution is -2.23. The van der Waals surface area contributed by atoms with Crippen LogP contribution in [-0.2, 0) is 18.0 Å². The summed E-state index contributed by atoms with van der Waals surface area (Å²) >= 11 is 0. The average molecular weight is 409 g/mol. The summed E-state index contributed by atoms with van der Waals surface area (Å²) in [5, 5.41) is 17.2. The Balaban J connectivity index is 1.32. The largest absolute Gasteiger partial charge is 0.274 e. The molecule has 1 heterocycles. The number of hydroxylamine groups is 1. The molecule has 0 bridgehead atoms. The second-order valence-electron chi connectivity index (χ2n) is 6.89. The van der Waals surface area contributed by atoms with Crippen molar-refractivity contribution in [3.63, 3.8) is 0 Å². The molecule has 0 spiro atoms. The van der Waals surface area contributed by atoms with Crippen LogP contribution in [0.1, 0.15) is 27.0 Å². The molecule has 7 heteroatoms. The molecule has 0 aliphatic rings. The van der Waals surface area contributed by atoms with Crippen LogP contribution in [-0.4, -0.2) is 20.9 Å². The third kappa shape index (κ3) is 5.21. The monoisotopic (exact) mass is 409 g/mol. The van der Waals surface area contributed by atoms with Crippen molar-refractivity contribution >= 4 is 5.91 Å². The second kappa shape index (κ2) is 9.48. The van der Waals surface area contributed by atoms with Crippen LogP contribution in [0.15, 0.2) is 85.1 Å². The number of hydrogen-bond donors (Lipinski definition) is 1. The van der Waals surface area contributed by atoms with E-state index in [-0.39, 0.29) is 5.91 Å². The van der Waals surface area contributed by atoms with E-state index in [4.69, 9.17) is 10.1 Å². The Morgan fingerprint density at radius 2 is 1.71 bits per heavy atom. The quantitative estimate of drug-likeness (QED) is 0.470. The van der Waals surface area contributed by atoms with Gasteiger partial charge in [-0.1, -0.05) is 59.8 Å². The van der Waals surface area contributed by atoms with E-state index < -0.39 is 0 Å². The number of rotatable bonds is 7. The zero-order chi connectivity index (χ0) is 21.5. The molecule has 1 amide bonds. The average Bonchev–Trinajstić information content (AvgIpc) is 3.29. The lowest BCUT2D eigenvalue weighted by Gasteiger charge is -2.07. The molecular weight excluding hydrogens is 390 g/mol. The molecule has 31 heavy (non-hydrogen) atoms. The number of nitrogens with zero attached hydrogens (tertiary/aromatic N) is 4. The Morgan fingerprint density at radius 1 is 0.968 bits per heavy atom. The van der Waals surface area contributed by atoms with E-state index in [0.717, 1.165) is 22.4 Å². The maximum Gasteiger partial charge on any atom is 0.274 e. The molecule has 152 valence electrons. The summed E-state index contributed by atoms with van der Waals surface area (Å²) in [7, 11) is 0. The third-order valence-corrected chi connectivity index (χ3v) is 4.66. The molecular formula is C24H19N5O2. The highest BCUT2D eigenvalue weighted by atomic mass is 16.6. The van der Waals surface area contributed by atoms with E-state index in [1.807, 2.05) is 60.8 Å². The number of amides is 1. The van der Waals surface area contributed by atoms with Crippen molar-refractivity contribution in [2.75, 3.05) is 0 Å². The zero-order valence-corrected chi connectivity index (χ0v) is 16.6. The van der Waals surface area contributed by atoms with Crippen molar-refractivity contribution in [1.29, 1.82) is 5.26 Å². The number of aromatic nitrogens is 3. The number of carbonyl (C=O) groups is 1. The van der Waals surface area contributed by atoms with Gasteiger partial charge in [-0.25, -0.2) is 10.2 Å². The van der Waals surface area contributed by atoms with E-state index in [1.54, 1.807) is 28.9 Å². The fraction of sp³-hybridized carbons (Fsp3) is 0.0833. The summed E-state index contributed by atoms with van der Waals surface area (Å²) in [6, 6.07) is 26.1. The highest BCUT2D eigenvalue weighted by molar-refractivity contribution is 5.93. The first-order valence-corrected chi connectivity index (χ1v) is 9.67. The molecule has 3 aromatic carbocycles. The van der Waals surface area contributed by atoms with Crippen LogP contribution >= 0.6 is 0 Å². The summed E-state index contributed by atoms with van der Waals surface area (Å²) in [5.74, 6) is -0.300. The molecule has 7 nitrogen and oxygen atoms in total. The van der Waals surface area contributed by atoms with Gasteiger partial charge in [-0.05, 0) is 35.4 Å². The zero-order valence-electron chi connectivity index (χ0n) is 16.6. The molecule has 4 aromatic rings. The Morgan fingerprint density at radius 3 is 2.42 bits per heavy atom. The molecule has 1 aromatic heterocycles. The second-order valence-corrected chi connectivity index (χ2v) is 6.89. The minimum atomic E-state index is -0.300. The minimum absolute atomic E-state index is 0.300. The Labute approximate surface area is 179 Å². The molecule has 0 aliphatic heterocycles. The number of nitriles is 1. The van der Waals surface area contributed by atoms with Crippen molar-refractivity contribution in [1.82, 2.24) is 20.5 Å². The van der Waals surface area contributed by atoms with E-state index >= 15 is 0 Å². The van der Waals surface area contributed by atoms with E-state index in [2.05, 4.69) is 21.9 Å². The van der Waals surface area contributed by atoms with Crippen LogP contribution in [0.4, 0.5) is 0 Å². The first kappa shape index (κ1) is 20.0. The Bertz CT molecular complexity index is 1190. The van der Waals surface area contributed by atoms with Crippen molar-refractivity contribution in [2.24, 2.45) is 0 Å². The predicted octanol–water partition coefficient (Wildman–Crippen LogP) is 3.73. The smallest absolute Gasteiger partial charge is 0.269 e. The van der Waals surface area contributed by atoms with Crippen LogP contribution < -0.4 is 5.48 Å². The van der Waals surface area contributed by atoms with Gasteiger partial charge in [0, 0.05) is 11.1 Å². The molecule has 0 unspecified atom stereocenters. The molecule has 0 radical (unpaired) electrons. The Kier molecular flexibility index (Phi) is 6.12. The van der Waals surface area contributed by atoms with Gasteiger partial charge < -0.3 is 0 Å².